The van der Waals surface area contributed by atoms with Gasteiger partial charge in [0.2, 0.25) is 5.91 Å². The first-order valence-corrected chi connectivity index (χ1v) is 8.93. The number of fused-ring (bicyclic) bond motifs is 1. The third-order valence-corrected chi connectivity index (χ3v) is 4.91. The maximum Gasteiger partial charge on any atom is 0.313 e. The highest BCUT2D eigenvalue weighted by Gasteiger charge is 2.29. The van der Waals surface area contributed by atoms with Crippen molar-refractivity contribution in [1.82, 2.24) is 9.80 Å². The van der Waals surface area contributed by atoms with Crippen molar-refractivity contribution in [2.45, 2.75) is 13.3 Å². The fourth-order valence-corrected chi connectivity index (χ4v) is 3.32. The Balaban J connectivity index is 1.47. The average Bonchev–Trinajstić information content (AvgIpc) is 2.65. The van der Waals surface area contributed by atoms with Gasteiger partial charge in [-0.3, -0.25) is 14.4 Å². The lowest BCUT2D eigenvalue weighted by Gasteiger charge is -2.34. The highest BCUT2D eigenvalue weighted by molar-refractivity contribution is 6.30. The fourth-order valence-electron chi connectivity index (χ4n) is 3.13. The van der Waals surface area contributed by atoms with E-state index in [-0.39, 0.29) is 25.0 Å². The van der Waals surface area contributed by atoms with Crippen LogP contribution in [0.5, 0.6) is 5.75 Å². The van der Waals surface area contributed by atoms with E-state index in [2.05, 4.69) is 0 Å². The lowest BCUT2D eigenvalue weighted by molar-refractivity contribution is -0.157. The number of halogens is 1. The summed E-state index contributed by atoms with van der Waals surface area (Å²) in [5.41, 5.74) is 0.859. The molecular weight excluding hydrogens is 360 g/mol. The monoisotopic (exact) mass is 380 g/mol. The average molecular weight is 381 g/mol. The van der Waals surface area contributed by atoms with E-state index in [1.807, 2.05) is 0 Å². The Morgan fingerprint density at radius 2 is 1.88 bits per heavy atom. The van der Waals surface area contributed by atoms with Gasteiger partial charge in [0.15, 0.2) is 6.61 Å². The van der Waals surface area contributed by atoms with Gasteiger partial charge in [-0.15, -0.1) is 0 Å². The minimum Gasteiger partial charge on any atom is -0.492 e. The SMILES string of the molecule is CC(=O)N1CCN(C(=O)COC(=O)[C@@H]2COc3ccc(Cl)cc3C2)CC1. The van der Waals surface area contributed by atoms with Gasteiger partial charge in [0.25, 0.3) is 5.91 Å². The summed E-state index contributed by atoms with van der Waals surface area (Å²) in [5.74, 6) is -0.435. The van der Waals surface area contributed by atoms with Crippen molar-refractivity contribution < 1.29 is 23.9 Å². The number of hydrogen-bond donors (Lipinski definition) is 0. The Labute approximate surface area is 156 Å². The van der Waals surface area contributed by atoms with Crippen molar-refractivity contribution >= 4 is 29.4 Å². The molecule has 8 heteroatoms. The molecule has 0 radical (unpaired) electrons. The molecule has 7 nitrogen and oxygen atoms in total. The van der Waals surface area contributed by atoms with E-state index in [9.17, 15) is 14.4 Å². The molecule has 0 unspecified atom stereocenters. The van der Waals surface area contributed by atoms with Crippen molar-refractivity contribution in [2.24, 2.45) is 5.92 Å². The van der Waals surface area contributed by atoms with Crippen molar-refractivity contribution in [1.29, 1.82) is 0 Å². The molecule has 3 rings (SSSR count). The van der Waals surface area contributed by atoms with Gasteiger partial charge in [-0.05, 0) is 30.2 Å². The predicted molar refractivity (Wildman–Crippen MR) is 93.9 cm³/mol. The van der Waals surface area contributed by atoms with E-state index < -0.39 is 11.9 Å². The largest absolute Gasteiger partial charge is 0.492 e. The minimum atomic E-state index is -0.455. The normalized spacial score (nSPS) is 19.4. The molecule has 2 aliphatic rings. The third kappa shape index (κ3) is 4.27. The number of carbonyl (C=O) groups is 3. The summed E-state index contributed by atoms with van der Waals surface area (Å²) in [7, 11) is 0. The smallest absolute Gasteiger partial charge is 0.313 e. The molecule has 1 aromatic rings. The molecule has 26 heavy (non-hydrogen) atoms. The van der Waals surface area contributed by atoms with Crippen LogP contribution in [0.15, 0.2) is 18.2 Å². The van der Waals surface area contributed by atoms with Gasteiger partial charge in [0, 0.05) is 38.1 Å². The van der Waals surface area contributed by atoms with Gasteiger partial charge in [-0.1, -0.05) is 11.6 Å². The summed E-state index contributed by atoms with van der Waals surface area (Å²) >= 11 is 5.98. The van der Waals surface area contributed by atoms with Gasteiger partial charge in [0.1, 0.15) is 12.4 Å². The molecule has 0 N–H and O–H groups in total. The number of rotatable bonds is 3. The minimum absolute atomic E-state index is 0.00112. The number of hydrogen-bond acceptors (Lipinski definition) is 5. The second-order valence-corrected chi connectivity index (χ2v) is 6.90. The summed E-state index contributed by atoms with van der Waals surface area (Å²) in [5, 5.41) is 0.584. The van der Waals surface area contributed by atoms with Crippen molar-refractivity contribution in [3.05, 3.63) is 28.8 Å². The molecule has 1 aromatic carbocycles. The molecule has 2 heterocycles. The van der Waals surface area contributed by atoms with E-state index in [1.54, 1.807) is 28.0 Å². The summed E-state index contributed by atoms with van der Waals surface area (Å²) in [6.45, 7) is 3.35. The zero-order valence-electron chi connectivity index (χ0n) is 14.6. The topological polar surface area (TPSA) is 76.2 Å². The fraction of sp³-hybridized carbons (Fsp3) is 0.500. The first-order valence-electron chi connectivity index (χ1n) is 8.55. The zero-order valence-corrected chi connectivity index (χ0v) is 15.3. The molecule has 1 fully saturated rings. The van der Waals surface area contributed by atoms with Crippen LogP contribution in [-0.4, -0.2) is 67.0 Å². The van der Waals surface area contributed by atoms with E-state index in [4.69, 9.17) is 21.1 Å². The van der Waals surface area contributed by atoms with Crippen LogP contribution in [0, 0.1) is 5.92 Å². The van der Waals surface area contributed by atoms with Crippen LogP contribution in [0.3, 0.4) is 0 Å². The van der Waals surface area contributed by atoms with Crippen molar-refractivity contribution in [3.8, 4) is 5.75 Å². The molecule has 140 valence electrons. The maximum absolute atomic E-state index is 12.3. The predicted octanol–water partition coefficient (Wildman–Crippen LogP) is 1.13. The van der Waals surface area contributed by atoms with Gasteiger partial charge in [-0.25, -0.2) is 0 Å². The number of piperazine rings is 1. The molecule has 2 aliphatic heterocycles. The van der Waals surface area contributed by atoms with Gasteiger partial charge in [-0.2, -0.15) is 0 Å². The first-order chi connectivity index (χ1) is 12.4. The van der Waals surface area contributed by atoms with E-state index >= 15 is 0 Å². The lowest BCUT2D eigenvalue weighted by atomic mass is 9.97. The number of esters is 1. The first kappa shape index (κ1) is 18.5. The van der Waals surface area contributed by atoms with E-state index in [0.717, 1.165) is 11.3 Å². The Hall–Kier alpha value is -2.28. The van der Waals surface area contributed by atoms with Crippen molar-refractivity contribution in [3.63, 3.8) is 0 Å². The quantitative estimate of drug-likeness (QED) is 0.735. The second kappa shape index (κ2) is 7.95. The second-order valence-electron chi connectivity index (χ2n) is 6.46. The molecular formula is C18H21ClN2O5. The van der Waals surface area contributed by atoms with Crippen molar-refractivity contribution in [2.75, 3.05) is 39.4 Å². The molecule has 0 bridgehead atoms. The van der Waals surface area contributed by atoms with Crippen LogP contribution in [0.2, 0.25) is 5.02 Å². The van der Waals surface area contributed by atoms with E-state index in [1.165, 1.54) is 6.92 Å². The highest BCUT2D eigenvalue weighted by atomic mass is 35.5. The highest BCUT2D eigenvalue weighted by Crippen LogP contribution is 2.30. The Kier molecular flexibility index (Phi) is 5.66. The summed E-state index contributed by atoms with van der Waals surface area (Å²) in [6.07, 6.45) is 0.472. The molecule has 2 amide bonds. The molecule has 0 aromatic heterocycles. The number of benzene rings is 1. The van der Waals surface area contributed by atoms with E-state index in [0.29, 0.717) is 37.6 Å². The lowest BCUT2D eigenvalue weighted by Crippen LogP contribution is -2.51. The van der Waals surface area contributed by atoms with Crippen LogP contribution in [0.4, 0.5) is 0 Å². The van der Waals surface area contributed by atoms with Gasteiger partial charge < -0.3 is 19.3 Å². The molecule has 0 saturated carbocycles. The number of nitrogens with zero attached hydrogens (tertiary/aromatic N) is 2. The molecule has 0 aliphatic carbocycles. The third-order valence-electron chi connectivity index (χ3n) is 4.68. The standard InChI is InChI=1S/C18H21ClN2O5/c1-12(22)20-4-6-21(7-5-20)17(23)11-26-18(24)14-8-13-9-15(19)2-3-16(13)25-10-14/h2-3,9,14H,4-8,10-11H2,1H3/t14-/m0/s1. The summed E-state index contributed by atoms with van der Waals surface area (Å²) in [6, 6.07) is 5.29. The molecule has 1 saturated heterocycles. The zero-order chi connectivity index (χ0) is 18.7. The molecule has 1 atom stereocenters. The van der Waals surface area contributed by atoms with Crippen LogP contribution >= 0.6 is 11.6 Å². The van der Waals surface area contributed by atoms with Gasteiger partial charge in [0.05, 0.1) is 5.92 Å². The number of carbonyl (C=O) groups excluding carboxylic acids is 3. The Morgan fingerprint density at radius 1 is 1.19 bits per heavy atom. The molecule has 0 spiro atoms. The van der Waals surface area contributed by atoms with Crippen LogP contribution in [0.1, 0.15) is 12.5 Å². The Morgan fingerprint density at radius 3 is 2.58 bits per heavy atom. The van der Waals surface area contributed by atoms with Crippen LogP contribution < -0.4 is 4.74 Å². The van der Waals surface area contributed by atoms with Crippen LogP contribution in [-0.2, 0) is 25.5 Å². The number of amides is 2. The Bertz CT molecular complexity index is 716. The number of ether oxygens (including phenoxy) is 2. The summed E-state index contributed by atoms with van der Waals surface area (Å²) in [4.78, 5) is 39.1. The van der Waals surface area contributed by atoms with Crippen LogP contribution in [0.25, 0.3) is 0 Å². The van der Waals surface area contributed by atoms with Gasteiger partial charge >= 0.3 is 5.97 Å². The maximum atomic E-state index is 12.3. The summed E-state index contributed by atoms with van der Waals surface area (Å²) < 4.78 is 10.8.